The van der Waals surface area contributed by atoms with Crippen LogP contribution in [0.5, 0.6) is 0 Å². The van der Waals surface area contributed by atoms with Crippen molar-refractivity contribution in [2.45, 2.75) is 18.9 Å². The van der Waals surface area contributed by atoms with Crippen LogP contribution in [0.25, 0.3) is 0 Å². The van der Waals surface area contributed by atoms with Crippen molar-refractivity contribution in [1.82, 2.24) is 4.90 Å². The van der Waals surface area contributed by atoms with Crippen LogP contribution in [-0.4, -0.2) is 45.7 Å². The van der Waals surface area contributed by atoms with Crippen molar-refractivity contribution in [2.75, 3.05) is 13.1 Å². The van der Waals surface area contributed by atoms with Gasteiger partial charge in [-0.3, -0.25) is 4.79 Å². The van der Waals surface area contributed by atoms with Gasteiger partial charge in [-0.2, -0.15) is 0 Å². The van der Waals surface area contributed by atoms with E-state index in [1.807, 2.05) is 0 Å². The summed E-state index contributed by atoms with van der Waals surface area (Å²) in [6, 6.07) is 6.46. The number of aromatic carboxylic acids is 1. The molecular formula is C13H15NO4. The second kappa shape index (κ2) is 4.42. The molecule has 1 saturated heterocycles. The molecule has 0 aromatic heterocycles. The Balaban J connectivity index is 2.06. The molecule has 0 saturated carbocycles. The Hall–Kier alpha value is -1.88. The van der Waals surface area contributed by atoms with E-state index >= 15 is 0 Å². The Labute approximate surface area is 105 Å². The Kier molecular flexibility index (Phi) is 3.09. The van der Waals surface area contributed by atoms with Crippen LogP contribution in [-0.2, 0) is 11.2 Å². The topological polar surface area (TPSA) is 77.8 Å². The molecule has 1 heterocycles. The Morgan fingerprint density at radius 2 is 1.94 bits per heavy atom. The number of β-amino-alcohol motifs (C(OH)–C–C–N with tert-alkyl or cyclic N) is 1. The molecule has 2 rings (SSSR count). The SMILES string of the molecule is CC1(O)CN(C(=O)Cc2ccccc2C(=O)O)C1. The molecule has 1 aliphatic rings. The highest BCUT2D eigenvalue weighted by Gasteiger charge is 2.39. The number of aliphatic hydroxyl groups is 1. The van der Waals surface area contributed by atoms with E-state index in [4.69, 9.17) is 5.11 Å². The molecule has 0 unspecified atom stereocenters. The van der Waals surface area contributed by atoms with Gasteiger partial charge >= 0.3 is 5.97 Å². The van der Waals surface area contributed by atoms with E-state index in [9.17, 15) is 14.7 Å². The van der Waals surface area contributed by atoms with Crippen molar-refractivity contribution in [3.63, 3.8) is 0 Å². The van der Waals surface area contributed by atoms with Gasteiger partial charge in [0.05, 0.1) is 30.7 Å². The van der Waals surface area contributed by atoms with Crippen molar-refractivity contribution < 1.29 is 19.8 Å². The highest BCUT2D eigenvalue weighted by molar-refractivity contribution is 5.91. The van der Waals surface area contributed by atoms with Gasteiger partial charge in [-0.1, -0.05) is 18.2 Å². The minimum absolute atomic E-state index is 0.0541. The van der Waals surface area contributed by atoms with E-state index in [0.29, 0.717) is 18.7 Å². The summed E-state index contributed by atoms with van der Waals surface area (Å²) in [7, 11) is 0. The largest absolute Gasteiger partial charge is 0.478 e. The number of likely N-dealkylation sites (tertiary alicyclic amines) is 1. The molecule has 1 amide bonds. The van der Waals surface area contributed by atoms with Crippen LogP contribution < -0.4 is 0 Å². The van der Waals surface area contributed by atoms with E-state index in [1.165, 1.54) is 11.0 Å². The minimum Gasteiger partial charge on any atom is -0.478 e. The first kappa shape index (κ1) is 12.6. The molecule has 5 nitrogen and oxygen atoms in total. The predicted molar refractivity (Wildman–Crippen MR) is 64.3 cm³/mol. The number of rotatable bonds is 3. The molecule has 1 aliphatic heterocycles. The van der Waals surface area contributed by atoms with E-state index in [1.54, 1.807) is 25.1 Å². The molecule has 0 spiro atoms. The molecule has 18 heavy (non-hydrogen) atoms. The zero-order valence-electron chi connectivity index (χ0n) is 10.1. The lowest BCUT2D eigenvalue weighted by molar-refractivity contribution is -0.151. The van der Waals surface area contributed by atoms with Gasteiger partial charge in [0.2, 0.25) is 5.91 Å². The number of hydrogen-bond donors (Lipinski definition) is 2. The molecule has 5 heteroatoms. The van der Waals surface area contributed by atoms with Crippen LogP contribution >= 0.6 is 0 Å². The van der Waals surface area contributed by atoms with Crippen LogP contribution in [0.4, 0.5) is 0 Å². The normalized spacial score (nSPS) is 17.1. The van der Waals surface area contributed by atoms with Gasteiger partial charge in [0, 0.05) is 0 Å². The number of benzene rings is 1. The van der Waals surface area contributed by atoms with Crippen LogP contribution in [0.15, 0.2) is 24.3 Å². The van der Waals surface area contributed by atoms with Gasteiger partial charge in [-0.15, -0.1) is 0 Å². The maximum Gasteiger partial charge on any atom is 0.335 e. The number of carbonyl (C=O) groups is 2. The molecule has 0 bridgehead atoms. The Morgan fingerprint density at radius 1 is 1.33 bits per heavy atom. The average molecular weight is 249 g/mol. The quantitative estimate of drug-likeness (QED) is 0.818. The summed E-state index contributed by atoms with van der Waals surface area (Å²) in [6.07, 6.45) is 0.0541. The molecule has 0 atom stereocenters. The monoisotopic (exact) mass is 249 g/mol. The molecule has 96 valence electrons. The standard InChI is InChI=1S/C13H15NO4/c1-13(18)7-14(8-13)11(15)6-9-4-2-3-5-10(9)12(16)17/h2-5,18H,6-8H2,1H3,(H,16,17). The van der Waals surface area contributed by atoms with Gasteiger partial charge in [0.15, 0.2) is 0 Å². The molecule has 0 radical (unpaired) electrons. The molecular weight excluding hydrogens is 234 g/mol. The fourth-order valence-corrected chi connectivity index (χ4v) is 2.11. The van der Waals surface area contributed by atoms with Crippen LogP contribution in [0.3, 0.4) is 0 Å². The highest BCUT2D eigenvalue weighted by atomic mass is 16.4. The smallest absolute Gasteiger partial charge is 0.335 e. The van der Waals surface area contributed by atoms with E-state index in [0.717, 1.165) is 0 Å². The number of hydrogen-bond acceptors (Lipinski definition) is 3. The van der Waals surface area contributed by atoms with Gasteiger partial charge in [0.25, 0.3) is 0 Å². The summed E-state index contributed by atoms with van der Waals surface area (Å²) in [5, 5.41) is 18.6. The van der Waals surface area contributed by atoms with Crippen molar-refractivity contribution in [2.24, 2.45) is 0 Å². The molecule has 1 aromatic carbocycles. The fraction of sp³-hybridized carbons (Fsp3) is 0.385. The average Bonchev–Trinajstić information content (AvgIpc) is 2.26. The van der Waals surface area contributed by atoms with Crippen molar-refractivity contribution in [3.05, 3.63) is 35.4 Å². The molecule has 0 aliphatic carbocycles. The number of carboxylic acid groups (broad SMARTS) is 1. The Morgan fingerprint density at radius 3 is 2.50 bits per heavy atom. The summed E-state index contributed by atoms with van der Waals surface area (Å²) >= 11 is 0. The first-order valence-corrected chi connectivity index (χ1v) is 5.70. The molecule has 1 aromatic rings. The van der Waals surface area contributed by atoms with E-state index in [2.05, 4.69) is 0 Å². The second-order valence-electron chi connectivity index (χ2n) is 4.89. The molecule has 1 fully saturated rings. The predicted octanol–water partition coefficient (Wildman–Crippen LogP) is 0.521. The first-order chi connectivity index (χ1) is 8.39. The summed E-state index contributed by atoms with van der Waals surface area (Å²) < 4.78 is 0. The maximum atomic E-state index is 11.9. The van der Waals surface area contributed by atoms with Crippen LogP contribution in [0, 0.1) is 0 Å². The second-order valence-corrected chi connectivity index (χ2v) is 4.89. The zero-order chi connectivity index (χ0) is 13.3. The summed E-state index contributed by atoms with van der Waals surface area (Å²) in [5.74, 6) is -1.19. The third-order valence-corrected chi connectivity index (χ3v) is 3.01. The van der Waals surface area contributed by atoms with Gasteiger partial charge < -0.3 is 15.1 Å². The van der Waals surface area contributed by atoms with E-state index in [-0.39, 0.29) is 17.9 Å². The minimum atomic E-state index is -1.03. The van der Waals surface area contributed by atoms with E-state index < -0.39 is 11.6 Å². The van der Waals surface area contributed by atoms with Crippen molar-refractivity contribution in [3.8, 4) is 0 Å². The summed E-state index contributed by atoms with van der Waals surface area (Å²) in [6.45, 7) is 2.28. The third kappa shape index (κ3) is 2.51. The zero-order valence-corrected chi connectivity index (χ0v) is 10.1. The lowest BCUT2D eigenvalue weighted by Gasteiger charge is -2.44. The lowest BCUT2D eigenvalue weighted by atomic mass is 9.95. The van der Waals surface area contributed by atoms with Crippen LogP contribution in [0.1, 0.15) is 22.8 Å². The number of carboxylic acids is 1. The number of carbonyl (C=O) groups excluding carboxylic acids is 1. The van der Waals surface area contributed by atoms with Gasteiger partial charge in [0.1, 0.15) is 0 Å². The summed E-state index contributed by atoms with van der Waals surface area (Å²) in [5.41, 5.74) is -0.151. The fourth-order valence-electron chi connectivity index (χ4n) is 2.11. The van der Waals surface area contributed by atoms with Gasteiger partial charge in [-0.05, 0) is 18.6 Å². The molecule has 2 N–H and O–H groups in total. The highest BCUT2D eigenvalue weighted by Crippen LogP contribution is 2.21. The van der Waals surface area contributed by atoms with Crippen molar-refractivity contribution >= 4 is 11.9 Å². The maximum absolute atomic E-state index is 11.9. The number of nitrogens with zero attached hydrogens (tertiary/aromatic N) is 1. The number of amides is 1. The van der Waals surface area contributed by atoms with Crippen molar-refractivity contribution in [1.29, 1.82) is 0 Å². The summed E-state index contributed by atoms with van der Waals surface area (Å²) in [4.78, 5) is 24.4. The van der Waals surface area contributed by atoms with Gasteiger partial charge in [-0.25, -0.2) is 4.79 Å². The Bertz CT molecular complexity index is 488. The third-order valence-electron chi connectivity index (χ3n) is 3.01. The first-order valence-electron chi connectivity index (χ1n) is 5.70. The lowest BCUT2D eigenvalue weighted by Crippen LogP contribution is -2.62. The van der Waals surface area contributed by atoms with Crippen LogP contribution in [0.2, 0.25) is 0 Å².